The lowest BCUT2D eigenvalue weighted by Gasteiger charge is -2.41. The summed E-state index contributed by atoms with van der Waals surface area (Å²) in [6.45, 7) is 4.50. The van der Waals surface area contributed by atoms with Crippen LogP contribution in [0.1, 0.15) is 42.5 Å². The number of hydrogen-bond acceptors (Lipinski definition) is 8. The number of likely N-dealkylation sites (tertiary alicyclic amines) is 1. The molecule has 0 spiro atoms. The van der Waals surface area contributed by atoms with Gasteiger partial charge >= 0.3 is 0 Å². The predicted molar refractivity (Wildman–Crippen MR) is 203 cm³/mol. The number of imidazole rings is 1. The first-order chi connectivity index (χ1) is 25.9. The number of nitrogens with one attached hydrogen (secondary N) is 2. The number of carbonyl (C=O) groups is 1. The summed E-state index contributed by atoms with van der Waals surface area (Å²) in [7, 11) is 1.67. The van der Waals surface area contributed by atoms with Gasteiger partial charge in [0.1, 0.15) is 23.0 Å². The Kier molecular flexibility index (Phi) is 9.68. The Morgan fingerprint density at radius 2 is 1.68 bits per heavy atom. The maximum absolute atomic E-state index is 14.3. The van der Waals surface area contributed by atoms with Crippen molar-refractivity contribution < 1.29 is 18.3 Å². The molecule has 8 rings (SSSR count). The summed E-state index contributed by atoms with van der Waals surface area (Å²) in [6, 6.07) is 24.3. The fraction of sp³-hybridized carbons (Fsp3) is 0.268. The molecule has 3 aromatic carbocycles. The number of nitrogens with zero attached hydrogens (tertiary/aromatic N) is 6. The molecule has 270 valence electrons. The molecule has 0 bridgehead atoms. The Labute approximate surface area is 306 Å². The summed E-state index contributed by atoms with van der Waals surface area (Å²) in [5.74, 6) is -1.06. The molecule has 2 aliphatic rings. The number of amides is 1. The number of halogens is 2. The lowest BCUT2D eigenvalue weighted by molar-refractivity contribution is 0.102. The number of rotatable bonds is 9. The molecular weight excluding hydrogens is 675 g/mol. The molecule has 3 aromatic heterocycles. The zero-order valence-electron chi connectivity index (χ0n) is 29.4. The van der Waals surface area contributed by atoms with Crippen LogP contribution < -0.4 is 20.3 Å². The van der Waals surface area contributed by atoms with Gasteiger partial charge in [0.25, 0.3) is 5.91 Å². The molecule has 2 aliphatic heterocycles. The van der Waals surface area contributed by atoms with Crippen LogP contribution in [0.5, 0.6) is 5.75 Å². The van der Waals surface area contributed by atoms with Gasteiger partial charge in [0.05, 0.1) is 35.6 Å². The summed E-state index contributed by atoms with van der Waals surface area (Å²) in [5.41, 5.74) is 5.27. The zero-order valence-corrected chi connectivity index (χ0v) is 29.4. The number of carbonyl (C=O) groups excluding carboxylic acids is 1. The third-order valence-corrected chi connectivity index (χ3v) is 10.2. The van der Waals surface area contributed by atoms with Crippen molar-refractivity contribution in [2.24, 2.45) is 0 Å². The van der Waals surface area contributed by atoms with E-state index in [9.17, 15) is 13.6 Å². The van der Waals surface area contributed by atoms with Gasteiger partial charge in [-0.3, -0.25) is 9.20 Å². The lowest BCUT2D eigenvalue weighted by Crippen LogP contribution is -2.46. The number of hydrogen-bond donors (Lipinski definition) is 2. The first-order valence-corrected chi connectivity index (χ1v) is 18.0. The number of ether oxygens (including phenoxy) is 1. The number of methoxy groups -OCH3 is 1. The summed E-state index contributed by atoms with van der Waals surface area (Å²) in [5, 5.41) is 5.89. The average molecular weight is 715 g/mol. The van der Waals surface area contributed by atoms with E-state index in [1.807, 2.05) is 47.0 Å². The van der Waals surface area contributed by atoms with E-state index in [0.717, 1.165) is 36.6 Å². The highest BCUT2D eigenvalue weighted by Gasteiger charge is 2.26. The first-order valence-electron chi connectivity index (χ1n) is 18.0. The standard InChI is InChI=1S/C41H40F2N8O2/c1-53-36-26-31(50-22-16-30(17-23-50)49-19-4-2-5-20-49)12-14-34(36)46-41-44-18-15-35(47-41)39-38(48-37-10-3-6-21-51(37)39)27-8-7-9-28(24-27)40(52)45-33-13-11-29(42)25-32(33)43/h3,6-15,18,21,24-26,30H,2,4-5,16-17,19-20,22-23H2,1H3,(H,45,52)(H,44,46,47). The Bertz CT molecular complexity index is 2260. The van der Waals surface area contributed by atoms with Crippen LogP contribution in [-0.4, -0.2) is 69.5 Å². The highest BCUT2D eigenvalue weighted by Crippen LogP contribution is 2.36. The van der Waals surface area contributed by atoms with Crippen molar-refractivity contribution in [1.29, 1.82) is 0 Å². The van der Waals surface area contributed by atoms with Gasteiger partial charge in [-0.2, -0.15) is 0 Å². The number of benzene rings is 3. The Morgan fingerprint density at radius 3 is 2.49 bits per heavy atom. The number of pyridine rings is 1. The normalized spacial score (nSPS) is 15.4. The van der Waals surface area contributed by atoms with Gasteiger partial charge in [-0.05, 0) is 93.4 Å². The largest absolute Gasteiger partial charge is 0.494 e. The lowest BCUT2D eigenvalue weighted by atomic mass is 9.99. The van der Waals surface area contributed by atoms with Crippen molar-refractivity contribution in [1.82, 2.24) is 24.3 Å². The fourth-order valence-corrected chi connectivity index (χ4v) is 7.46. The number of anilines is 4. The molecule has 12 heteroatoms. The van der Waals surface area contributed by atoms with E-state index in [0.29, 0.717) is 46.0 Å². The molecule has 2 N–H and O–H groups in total. The van der Waals surface area contributed by atoms with Crippen molar-refractivity contribution in [3.63, 3.8) is 0 Å². The number of fused-ring (bicyclic) bond motifs is 1. The first kappa shape index (κ1) is 34.2. The average Bonchev–Trinajstić information content (AvgIpc) is 3.60. The van der Waals surface area contributed by atoms with Gasteiger partial charge in [0.2, 0.25) is 5.95 Å². The third-order valence-electron chi connectivity index (χ3n) is 10.2. The monoisotopic (exact) mass is 714 g/mol. The van der Waals surface area contributed by atoms with Gasteiger partial charge in [-0.25, -0.2) is 23.7 Å². The third kappa shape index (κ3) is 7.27. The minimum absolute atomic E-state index is 0.115. The molecule has 1 amide bonds. The van der Waals surface area contributed by atoms with Gasteiger partial charge in [0, 0.05) is 60.5 Å². The fourth-order valence-electron chi connectivity index (χ4n) is 7.46. The van der Waals surface area contributed by atoms with Crippen LogP contribution in [0.3, 0.4) is 0 Å². The molecule has 0 radical (unpaired) electrons. The highest BCUT2D eigenvalue weighted by molar-refractivity contribution is 6.05. The quantitative estimate of drug-likeness (QED) is 0.155. The topological polar surface area (TPSA) is 99.9 Å². The summed E-state index contributed by atoms with van der Waals surface area (Å²) in [6.07, 6.45) is 9.92. The molecular formula is C41H40F2N8O2. The maximum Gasteiger partial charge on any atom is 0.255 e. The molecule has 0 unspecified atom stereocenters. The van der Waals surface area contributed by atoms with Crippen LogP contribution in [0.25, 0.3) is 28.3 Å². The summed E-state index contributed by atoms with van der Waals surface area (Å²) >= 11 is 0. The van der Waals surface area contributed by atoms with Crippen molar-refractivity contribution >= 4 is 34.6 Å². The van der Waals surface area contributed by atoms with Crippen molar-refractivity contribution in [3.8, 4) is 28.4 Å². The van der Waals surface area contributed by atoms with Gasteiger partial charge in [-0.1, -0.05) is 24.6 Å². The summed E-state index contributed by atoms with van der Waals surface area (Å²) in [4.78, 5) is 32.7. The van der Waals surface area contributed by atoms with Crippen molar-refractivity contribution in [2.75, 3.05) is 48.8 Å². The van der Waals surface area contributed by atoms with E-state index >= 15 is 0 Å². The van der Waals surface area contributed by atoms with E-state index in [1.54, 1.807) is 31.5 Å². The SMILES string of the molecule is COc1cc(N2CCC(N3CCCCC3)CC2)ccc1Nc1nccc(-c2c(-c3cccc(C(=O)Nc4ccc(F)cc4F)c3)nc3ccccn23)n1. The number of aromatic nitrogens is 4. The van der Waals surface area contributed by atoms with E-state index in [-0.39, 0.29) is 11.3 Å². The molecule has 6 aromatic rings. The van der Waals surface area contributed by atoms with Gasteiger partial charge in [-0.15, -0.1) is 0 Å². The highest BCUT2D eigenvalue weighted by atomic mass is 19.1. The Morgan fingerprint density at radius 1 is 0.849 bits per heavy atom. The van der Waals surface area contributed by atoms with E-state index in [2.05, 4.69) is 37.6 Å². The van der Waals surface area contributed by atoms with Crippen LogP contribution >= 0.6 is 0 Å². The molecule has 0 saturated carbocycles. The van der Waals surface area contributed by atoms with Crippen LogP contribution in [-0.2, 0) is 0 Å². The molecule has 5 heterocycles. The van der Waals surface area contributed by atoms with Crippen LogP contribution in [0.2, 0.25) is 0 Å². The van der Waals surface area contributed by atoms with E-state index < -0.39 is 17.5 Å². The molecule has 2 fully saturated rings. The second-order valence-corrected chi connectivity index (χ2v) is 13.5. The Balaban J connectivity index is 1.04. The maximum atomic E-state index is 14.3. The minimum Gasteiger partial charge on any atom is -0.494 e. The molecule has 53 heavy (non-hydrogen) atoms. The van der Waals surface area contributed by atoms with Gasteiger partial charge in [0.15, 0.2) is 0 Å². The van der Waals surface area contributed by atoms with Crippen LogP contribution in [0, 0.1) is 11.6 Å². The molecule has 10 nitrogen and oxygen atoms in total. The molecule has 0 atom stereocenters. The van der Waals surface area contributed by atoms with Crippen molar-refractivity contribution in [2.45, 2.75) is 38.1 Å². The van der Waals surface area contributed by atoms with E-state index in [4.69, 9.17) is 14.7 Å². The van der Waals surface area contributed by atoms with Gasteiger partial charge < -0.3 is 25.2 Å². The Hall–Kier alpha value is -5.88. The smallest absolute Gasteiger partial charge is 0.255 e. The second-order valence-electron chi connectivity index (χ2n) is 13.5. The van der Waals surface area contributed by atoms with E-state index in [1.165, 1.54) is 51.3 Å². The van der Waals surface area contributed by atoms with Crippen LogP contribution in [0.15, 0.2) is 97.3 Å². The zero-order chi connectivity index (χ0) is 36.3. The molecule has 0 aliphatic carbocycles. The molecule has 2 saturated heterocycles. The van der Waals surface area contributed by atoms with Crippen LogP contribution in [0.4, 0.5) is 31.8 Å². The summed E-state index contributed by atoms with van der Waals surface area (Å²) < 4.78 is 35.5. The minimum atomic E-state index is -0.859. The second kappa shape index (κ2) is 15.0. The van der Waals surface area contributed by atoms with Crippen molar-refractivity contribution in [3.05, 3.63) is 115 Å². The predicted octanol–water partition coefficient (Wildman–Crippen LogP) is 8.20. The number of piperidine rings is 2.